The summed E-state index contributed by atoms with van der Waals surface area (Å²) in [6.07, 6.45) is 3.19. The lowest BCUT2D eigenvalue weighted by Gasteiger charge is -2.46. The Balaban J connectivity index is 1.85. The Kier molecular flexibility index (Phi) is 2.26. The van der Waals surface area contributed by atoms with E-state index in [1.54, 1.807) is 0 Å². The molecule has 0 amide bonds. The molecule has 0 radical (unpaired) electrons. The predicted octanol–water partition coefficient (Wildman–Crippen LogP) is 0.0705. The molecule has 0 bridgehead atoms. The molecule has 1 saturated heterocycles. The minimum Gasteiger partial charge on any atom is -0.467 e. The van der Waals surface area contributed by atoms with Crippen LogP contribution in [0.25, 0.3) is 0 Å². The average molecular weight is 185 g/mol. The van der Waals surface area contributed by atoms with Crippen molar-refractivity contribution >= 4 is 5.97 Å². The molecule has 1 aliphatic carbocycles. The van der Waals surface area contributed by atoms with Crippen LogP contribution >= 0.6 is 0 Å². The van der Waals surface area contributed by atoms with Gasteiger partial charge >= 0.3 is 5.97 Å². The smallest absolute Gasteiger partial charge is 0.336 e. The zero-order valence-corrected chi connectivity index (χ0v) is 7.84. The highest BCUT2D eigenvalue weighted by molar-refractivity contribution is 5.75. The number of carbonyl (C=O) groups excluding carboxylic acids is 1. The average Bonchev–Trinajstić information content (AvgIpc) is 2.14. The van der Waals surface area contributed by atoms with E-state index in [0.29, 0.717) is 13.2 Å². The maximum atomic E-state index is 11.1. The summed E-state index contributed by atoms with van der Waals surface area (Å²) in [5.74, 6) is -0.276. The van der Waals surface area contributed by atoms with E-state index in [4.69, 9.17) is 4.74 Å². The van der Waals surface area contributed by atoms with E-state index in [-0.39, 0.29) is 11.5 Å². The zero-order valence-electron chi connectivity index (χ0n) is 7.84. The number of morpholine rings is 1. The zero-order chi connectivity index (χ0) is 9.31. The van der Waals surface area contributed by atoms with E-state index < -0.39 is 6.10 Å². The van der Waals surface area contributed by atoms with Gasteiger partial charge in [0.15, 0.2) is 6.10 Å². The van der Waals surface area contributed by atoms with Gasteiger partial charge in [0.25, 0.3) is 0 Å². The van der Waals surface area contributed by atoms with Crippen molar-refractivity contribution in [3.63, 3.8) is 0 Å². The Hall–Kier alpha value is -0.610. The van der Waals surface area contributed by atoms with Crippen molar-refractivity contribution in [1.29, 1.82) is 0 Å². The van der Waals surface area contributed by atoms with Crippen LogP contribution in [-0.4, -0.2) is 37.9 Å². The van der Waals surface area contributed by atoms with Gasteiger partial charge in [0, 0.05) is 12.1 Å². The Morgan fingerprint density at radius 1 is 1.62 bits per heavy atom. The number of carbonyl (C=O) groups is 1. The molecule has 2 fully saturated rings. The third kappa shape index (κ3) is 1.56. The number of hydrogen-bond donors (Lipinski definition) is 1. The summed E-state index contributed by atoms with van der Waals surface area (Å²) in [7, 11) is 1.39. The summed E-state index contributed by atoms with van der Waals surface area (Å²) in [5, 5.41) is 3.37. The quantitative estimate of drug-likeness (QED) is 0.587. The molecule has 0 aromatic carbocycles. The van der Waals surface area contributed by atoms with Crippen molar-refractivity contribution < 1.29 is 14.3 Å². The van der Waals surface area contributed by atoms with Gasteiger partial charge in [0.2, 0.25) is 0 Å². The summed E-state index contributed by atoms with van der Waals surface area (Å²) in [4.78, 5) is 11.1. The molecule has 1 N–H and O–H groups in total. The van der Waals surface area contributed by atoms with E-state index in [2.05, 4.69) is 10.1 Å². The highest BCUT2D eigenvalue weighted by Gasteiger charge is 2.42. The highest BCUT2D eigenvalue weighted by atomic mass is 16.6. The van der Waals surface area contributed by atoms with Crippen molar-refractivity contribution in [2.75, 3.05) is 20.3 Å². The van der Waals surface area contributed by atoms with Gasteiger partial charge in [0.1, 0.15) is 0 Å². The summed E-state index contributed by atoms with van der Waals surface area (Å²) in [6, 6.07) is 0. The molecule has 4 nitrogen and oxygen atoms in total. The van der Waals surface area contributed by atoms with E-state index in [9.17, 15) is 4.79 Å². The first-order valence-electron chi connectivity index (χ1n) is 4.70. The number of methoxy groups -OCH3 is 1. The van der Waals surface area contributed by atoms with Crippen molar-refractivity contribution in [3.05, 3.63) is 0 Å². The highest BCUT2D eigenvalue weighted by Crippen LogP contribution is 2.34. The summed E-state index contributed by atoms with van der Waals surface area (Å²) < 4.78 is 10.1. The molecule has 13 heavy (non-hydrogen) atoms. The first-order valence-corrected chi connectivity index (χ1v) is 4.70. The fourth-order valence-corrected chi connectivity index (χ4v) is 1.89. The molecule has 1 heterocycles. The molecule has 1 spiro atoms. The van der Waals surface area contributed by atoms with Crippen LogP contribution in [0.2, 0.25) is 0 Å². The third-order valence-electron chi connectivity index (χ3n) is 3.00. The second-order valence-electron chi connectivity index (χ2n) is 3.84. The van der Waals surface area contributed by atoms with Crippen molar-refractivity contribution in [1.82, 2.24) is 5.32 Å². The van der Waals surface area contributed by atoms with Gasteiger partial charge in [-0.3, -0.25) is 0 Å². The largest absolute Gasteiger partial charge is 0.467 e. The second kappa shape index (κ2) is 3.27. The summed E-state index contributed by atoms with van der Waals surface area (Å²) in [6.45, 7) is 1.24. The minimum absolute atomic E-state index is 0.185. The Labute approximate surface area is 77.6 Å². The van der Waals surface area contributed by atoms with Crippen molar-refractivity contribution in [3.8, 4) is 0 Å². The van der Waals surface area contributed by atoms with E-state index in [1.807, 2.05) is 0 Å². The molecule has 1 aliphatic heterocycles. The number of rotatable bonds is 1. The molecular formula is C9H15NO3. The van der Waals surface area contributed by atoms with Crippen LogP contribution < -0.4 is 5.32 Å². The van der Waals surface area contributed by atoms with E-state index in [1.165, 1.54) is 26.4 Å². The van der Waals surface area contributed by atoms with Crippen LogP contribution in [0.5, 0.6) is 0 Å². The van der Waals surface area contributed by atoms with Gasteiger partial charge in [-0.2, -0.15) is 0 Å². The standard InChI is InChI=1S/C9H15NO3/c1-12-8(11)7-5-10-9(6-13-7)3-2-4-9/h7,10H,2-6H2,1H3. The van der Waals surface area contributed by atoms with Crippen LogP contribution in [0.4, 0.5) is 0 Å². The first kappa shape index (κ1) is 8.97. The van der Waals surface area contributed by atoms with Gasteiger partial charge < -0.3 is 14.8 Å². The van der Waals surface area contributed by atoms with Crippen LogP contribution in [0.1, 0.15) is 19.3 Å². The summed E-state index contributed by atoms with van der Waals surface area (Å²) >= 11 is 0. The Morgan fingerprint density at radius 2 is 2.38 bits per heavy atom. The fourth-order valence-electron chi connectivity index (χ4n) is 1.89. The molecular weight excluding hydrogens is 170 g/mol. The molecule has 1 saturated carbocycles. The van der Waals surface area contributed by atoms with Gasteiger partial charge in [0.05, 0.1) is 13.7 Å². The maximum Gasteiger partial charge on any atom is 0.336 e. The fraction of sp³-hybridized carbons (Fsp3) is 0.889. The van der Waals surface area contributed by atoms with Crippen LogP contribution in [-0.2, 0) is 14.3 Å². The van der Waals surface area contributed by atoms with Crippen molar-refractivity contribution in [2.24, 2.45) is 0 Å². The molecule has 2 aliphatic rings. The minimum atomic E-state index is -0.406. The van der Waals surface area contributed by atoms with Gasteiger partial charge in [-0.05, 0) is 19.3 Å². The van der Waals surface area contributed by atoms with Gasteiger partial charge in [-0.1, -0.05) is 0 Å². The maximum absolute atomic E-state index is 11.1. The normalized spacial score (nSPS) is 31.0. The molecule has 2 rings (SSSR count). The second-order valence-corrected chi connectivity index (χ2v) is 3.84. The third-order valence-corrected chi connectivity index (χ3v) is 3.00. The monoisotopic (exact) mass is 185 g/mol. The Morgan fingerprint density at radius 3 is 2.77 bits per heavy atom. The molecule has 4 heteroatoms. The lowest BCUT2D eigenvalue weighted by Crippen LogP contribution is -2.62. The topological polar surface area (TPSA) is 47.6 Å². The van der Waals surface area contributed by atoms with Crippen molar-refractivity contribution in [2.45, 2.75) is 30.9 Å². The predicted molar refractivity (Wildman–Crippen MR) is 46.3 cm³/mol. The molecule has 1 unspecified atom stereocenters. The van der Waals surface area contributed by atoms with Gasteiger partial charge in [-0.25, -0.2) is 4.79 Å². The molecule has 74 valence electrons. The number of nitrogens with one attached hydrogen (secondary N) is 1. The molecule has 0 aromatic rings. The summed E-state index contributed by atoms with van der Waals surface area (Å²) in [5.41, 5.74) is 0.185. The SMILES string of the molecule is COC(=O)C1CNC2(CCC2)CO1. The molecule has 1 atom stereocenters. The Bertz CT molecular complexity index is 203. The lowest BCUT2D eigenvalue weighted by molar-refractivity contribution is -0.161. The van der Waals surface area contributed by atoms with Crippen LogP contribution in [0.3, 0.4) is 0 Å². The number of hydrogen-bond acceptors (Lipinski definition) is 4. The van der Waals surface area contributed by atoms with Crippen LogP contribution in [0, 0.1) is 0 Å². The van der Waals surface area contributed by atoms with Gasteiger partial charge in [-0.15, -0.1) is 0 Å². The number of esters is 1. The molecule has 0 aromatic heterocycles. The van der Waals surface area contributed by atoms with Crippen LogP contribution in [0.15, 0.2) is 0 Å². The number of ether oxygens (including phenoxy) is 2. The van der Waals surface area contributed by atoms with E-state index >= 15 is 0 Å². The van der Waals surface area contributed by atoms with E-state index in [0.717, 1.165) is 0 Å². The first-order chi connectivity index (χ1) is 6.26. The lowest BCUT2D eigenvalue weighted by atomic mass is 9.76.